The van der Waals surface area contributed by atoms with E-state index in [-0.39, 0.29) is 12.0 Å². The van der Waals surface area contributed by atoms with E-state index in [1.165, 1.54) is 25.7 Å². The number of carbonyl (C=O) groups is 2. The van der Waals surface area contributed by atoms with Gasteiger partial charge in [-0.3, -0.25) is 4.79 Å². The number of ether oxygens (including phenoxy) is 2. The molecule has 0 heterocycles. The van der Waals surface area contributed by atoms with Crippen molar-refractivity contribution in [3.63, 3.8) is 0 Å². The van der Waals surface area contributed by atoms with E-state index in [9.17, 15) is 9.59 Å². The minimum absolute atomic E-state index is 0.192. The summed E-state index contributed by atoms with van der Waals surface area (Å²) in [7, 11) is 0. The van der Waals surface area contributed by atoms with E-state index in [0.717, 1.165) is 6.42 Å². The van der Waals surface area contributed by atoms with Crippen LogP contribution in [0.4, 0.5) is 0 Å². The second kappa shape index (κ2) is 10.0. The van der Waals surface area contributed by atoms with Gasteiger partial charge in [0.2, 0.25) is 0 Å². The number of benzene rings is 1. The first kappa shape index (κ1) is 19.2. The first-order chi connectivity index (χ1) is 12.1. The van der Waals surface area contributed by atoms with Crippen LogP contribution in [0.1, 0.15) is 49.4 Å². The quantitative estimate of drug-likeness (QED) is 0.678. The zero-order valence-corrected chi connectivity index (χ0v) is 14.7. The van der Waals surface area contributed by atoms with E-state index < -0.39 is 12.6 Å². The normalized spacial score (nSPS) is 15.7. The third-order valence-electron chi connectivity index (χ3n) is 4.48. The number of hydrogen-bond donors (Lipinski definition) is 2. The Morgan fingerprint density at radius 1 is 1.32 bits per heavy atom. The van der Waals surface area contributed by atoms with E-state index in [2.05, 4.69) is 5.32 Å². The van der Waals surface area contributed by atoms with Gasteiger partial charge in [-0.15, -0.1) is 0 Å². The Hall–Kier alpha value is -2.08. The van der Waals surface area contributed by atoms with Crippen molar-refractivity contribution in [3.05, 3.63) is 29.8 Å². The Morgan fingerprint density at radius 2 is 2.08 bits per heavy atom. The average molecular weight is 349 g/mol. The topological polar surface area (TPSA) is 84.9 Å². The molecule has 2 rings (SSSR count). The molecule has 1 aliphatic carbocycles. The van der Waals surface area contributed by atoms with Crippen molar-refractivity contribution >= 4 is 11.9 Å². The summed E-state index contributed by atoms with van der Waals surface area (Å²) in [6, 6.07) is 6.54. The second-order valence-electron chi connectivity index (χ2n) is 6.29. The molecule has 1 atom stereocenters. The van der Waals surface area contributed by atoms with Crippen LogP contribution in [0.5, 0.6) is 5.75 Å². The van der Waals surface area contributed by atoms with Gasteiger partial charge >= 0.3 is 5.97 Å². The van der Waals surface area contributed by atoms with Crippen LogP contribution in [-0.2, 0) is 9.53 Å². The lowest BCUT2D eigenvalue weighted by Crippen LogP contribution is -2.31. The number of carboxylic acid groups (broad SMARTS) is 1. The molecule has 138 valence electrons. The summed E-state index contributed by atoms with van der Waals surface area (Å²) < 4.78 is 11.0. The van der Waals surface area contributed by atoms with E-state index >= 15 is 0 Å². The second-order valence-corrected chi connectivity index (χ2v) is 6.29. The van der Waals surface area contributed by atoms with Crippen molar-refractivity contribution < 1.29 is 24.2 Å². The summed E-state index contributed by atoms with van der Waals surface area (Å²) in [5, 5.41) is 11.6. The van der Waals surface area contributed by atoms with Crippen LogP contribution < -0.4 is 10.1 Å². The van der Waals surface area contributed by atoms with Gasteiger partial charge in [-0.05, 0) is 50.3 Å². The highest BCUT2D eigenvalue weighted by Gasteiger charge is 2.25. The highest BCUT2D eigenvalue weighted by atomic mass is 16.5. The minimum Gasteiger partial charge on any atom is -0.482 e. The van der Waals surface area contributed by atoms with Crippen molar-refractivity contribution in [2.45, 2.75) is 45.1 Å². The highest BCUT2D eigenvalue weighted by molar-refractivity contribution is 5.94. The van der Waals surface area contributed by atoms with Gasteiger partial charge in [0.05, 0.1) is 6.10 Å². The van der Waals surface area contributed by atoms with Crippen molar-refractivity contribution in [1.82, 2.24) is 5.32 Å². The standard InChI is InChI=1S/C19H27NO5/c1-2-24-17(14-6-3-4-7-14)10-11-20-19(23)15-8-5-9-16(12-15)25-13-18(21)22/h5,8-9,12,14,17H,2-4,6-7,10-11,13H2,1H3,(H,20,23)(H,21,22). The van der Waals surface area contributed by atoms with Gasteiger partial charge in [0.1, 0.15) is 5.75 Å². The molecule has 1 aromatic carbocycles. The van der Waals surface area contributed by atoms with E-state index in [1.54, 1.807) is 24.3 Å². The minimum atomic E-state index is -1.05. The molecule has 0 aromatic heterocycles. The van der Waals surface area contributed by atoms with Crippen molar-refractivity contribution in [1.29, 1.82) is 0 Å². The number of rotatable bonds is 10. The molecule has 6 heteroatoms. The van der Waals surface area contributed by atoms with Gasteiger partial charge in [0, 0.05) is 18.7 Å². The van der Waals surface area contributed by atoms with Gasteiger partial charge in [-0.1, -0.05) is 18.9 Å². The van der Waals surface area contributed by atoms with Crippen LogP contribution in [0.15, 0.2) is 24.3 Å². The molecular weight excluding hydrogens is 322 g/mol. The Kier molecular flexibility index (Phi) is 7.73. The molecular formula is C19H27NO5. The van der Waals surface area contributed by atoms with E-state index in [1.807, 2.05) is 6.92 Å². The Balaban J connectivity index is 1.82. The first-order valence-electron chi connectivity index (χ1n) is 8.94. The van der Waals surface area contributed by atoms with Gasteiger partial charge in [0.15, 0.2) is 6.61 Å². The molecule has 0 aliphatic heterocycles. The number of aliphatic carboxylic acids is 1. The molecule has 0 spiro atoms. The number of nitrogens with one attached hydrogen (secondary N) is 1. The van der Waals surface area contributed by atoms with Crippen LogP contribution in [-0.4, -0.2) is 42.8 Å². The molecule has 1 aromatic rings. The van der Waals surface area contributed by atoms with Crippen LogP contribution in [0, 0.1) is 5.92 Å². The Morgan fingerprint density at radius 3 is 2.76 bits per heavy atom. The smallest absolute Gasteiger partial charge is 0.341 e. The predicted octanol–water partition coefficient (Wildman–Crippen LogP) is 2.87. The largest absolute Gasteiger partial charge is 0.482 e. The van der Waals surface area contributed by atoms with Gasteiger partial charge in [-0.25, -0.2) is 4.79 Å². The molecule has 25 heavy (non-hydrogen) atoms. The van der Waals surface area contributed by atoms with Gasteiger partial charge in [0.25, 0.3) is 5.91 Å². The van der Waals surface area contributed by atoms with Crippen molar-refractivity contribution in [2.75, 3.05) is 19.8 Å². The maximum Gasteiger partial charge on any atom is 0.341 e. The number of hydrogen-bond acceptors (Lipinski definition) is 4. The van der Waals surface area contributed by atoms with Crippen LogP contribution in [0.25, 0.3) is 0 Å². The van der Waals surface area contributed by atoms with Crippen LogP contribution in [0.3, 0.4) is 0 Å². The Bertz CT molecular complexity index is 569. The maximum atomic E-state index is 12.3. The molecule has 1 aliphatic rings. The lowest BCUT2D eigenvalue weighted by Gasteiger charge is -2.23. The Labute approximate surface area is 148 Å². The van der Waals surface area contributed by atoms with Crippen molar-refractivity contribution in [2.24, 2.45) is 5.92 Å². The first-order valence-corrected chi connectivity index (χ1v) is 8.94. The summed E-state index contributed by atoms with van der Waals surface area (Å²) in [4.78, 5) is 22.8. The molecule has 1 saturated carbocycles. The van der Waals surface area contributed by atoms with E-state index in [4.69, 9.17) is 14.6 Å². The van der Waals surface area contributed by atoms with Gasteiger partial charge in [-0.2, -0.15) is 0 Å². The summed E-state index contributed by atoms with van der Waals surface area (Å²) in [6.07, 6.45) is 5.97. The summed E-state index contributed by atoms with van der Waals surface area (Å²) in [5.41, 5.74) is 0.455. The van der Waals surface area contributed by atoms with E-state index in [0.29, 0.717) is 30.4 Å². The zero-order chi connectivity index (χ0) is 18.1. The highest BCUT2D eigenvalue weighted by Crippen LogP contribution is 2.30. The number of carboxylic acids is 1. The fourth-order valence-corrected chi connectivity index (χ4v) is 3.30. The SMILES string of the molecule is CCOC(CCNC(=O)c1cccc(OCC(=O)O)c1)C1CCCC1. The lowest BCUT2D eigenvalue weighted by molar-refractivity contribution is -0.139. The molecule has 1 amide bonds. The molecule has 6 nitrogen and oxygen atoms in total. The average Bonchev–Trinajstić information content (AvgIpc) is 3.14. The fourth-order valence-electron chi connectivity index (χ4n) is 3.30. The molecule has 1 fully saturated rings. The number of carbonyl (C=O) groups excluding carboxylic acids is 1. The summed E-state index contributed by atoms with van der Waals surface area (Å²) in [5.74, 6) is -0.274. The third kappa shape index (κ3) is 6.38. The summed E-state index contributed by atoms with van der Waals surface area (Å²) >= 11 is 0. The van der Waals surface area contributed by atoms with Crippen LogP contribution >= 0.6 is 0 Å². The maximum absolute atomic E-state index is 12.3. The van der Waals surface area contributed by atoms with Gasteiger partial charge < -0.3 is 19.9 Å². The molecule has 2 N–H and O–H groups in total. The lowest BCUT2D eigenvalue weighted by atomic mass is 9.98. The third-order valence-corrected chi connectivity index (χ3v) is 4.48. The van der Waals surface area contributed by atoms with Crippen molar-refractivity contribution in [3.8, 4) is 5.75 Å². The zero-order valence-electron chi connectivity index (χ0n) is 14.7. The molecule has 0 radical (unpaired) electrons. The predicted molar refractivity (Wildman–Crippen MR) is 93.9 cm³/mol. The molecule has 1 unspecified atom stereocenters. The van der Waals surface area contributed by atoms with Crippen LogP contribution in [0.2, 0.25) is 0 Å². The number of amides is 1. The fraction of sp³-hybridized carbons (Fsp3) is 0.579. The molecule has 0 bridgehead atoms. The summed E-state index contributed by atoms with van der Waals surface area (Å²) in [6.45, 7) is 2.82. The molecule has 0 saturated heterocycles. The monoisotopic (exact) mass is 349 g/mol.